The van der Waals surface area contributed by atoms with Crippen LogP contribution in [0.4, 0.5) is 0 Å². The Hall–Kier alpha value is -2.40. The maximum Gasteiger partial charge on any atom is 0.267 e. The van der Waals surface area contributed by atoms with E-state index in [9.17, 15) is 9.59 Å². The van der Waals surface area contributed by atoms with Crippen LogP contribution in [0, 0.1) is 6.92 Å². The van der Waals surface area contributed by atoms with E-state index in [-0.39, 0.29) is 17.5 Å². The molecule has 0 aliphatic carbocycles. The molecule has 0 fully saturated rings. The van der Waals surface area contributed by atoms with Crippen molar-refractivity contribution in [1.29, 1.82) is 0 Å². The molecule has 0 spiro atoms. The Morgan fingerprint density at radius 3 is 2.62 bits per heavy atom. The normalized spacial score (nSPS) is 11.0. The van der Waals surface area contributed by atoms with Crippen molar-refractivity contribution in [2.75, 3.05) is 7.05 Å². The highest BCUT2D eigenvalue weighted by Gasteiger charge is 2.13. The molecule has 0 aliphatic heterocycles. The van der Waals surface area contributed by atoms with Gasteiger partial charge >= 0.3 is 0 Å². The molecule has 0 saturated heterocycles. The van der Waals surface area contributed by atoms with Crippen molar-refractivity contribution in [2.45, 2.75) is 6.92 Å². The molecule has 1 heterocycles. The number of hydrogen-bond donors (Lipinski definition) is 2. The number of amides is 2. The summed E-state index contributed by atoms with van der Waals surface area (Å²) in [5.74, 6) is -0.630. The van der Waals surface area contributed by atoms with E-state index < -0.39 is 0 Å². The number of carbonyl (C=O) groups excluding carboxylic acids is 2. The smallest absolute Gasteiger partial charge is 0.267 e. The zero-order chi connectivity index (χ0) is 15.2. The van der Waals surface area contributed by atoms with E-state index in [1.807, 2.05) is 36.6 Å². The van der Waals surface area contributed by atoms with Crippen LogP contribution in [0.1, 0.15) is 20.8 Å². The molecule has 0 unspecified atom stereocenters. The number of likely N-dealkylation sites (N-methyl/N-ethyl adjacent to an activating group) is 1. The fraction of sp³-hybridized carbons (Fsp3) is 0.125. The minimum Gasteiger partial charge on any atom is -0.354 e. The number of nitrogens with one attached hydrogen (secondary N) is 2. The number of hydrogen-bond acceptors (Lipinski definition) is 3. The van der Waals surface area contributed by atoms with Gasteiger partial charge in [-0.3, -0.25) is 9.59 Å². The van der Waals surface area contributed by atoms with Gasteiger partial charge in [-0.05, 0) is 36.6 Å². The third-order valence-electron chi connectivity index (χ3n) is 2.83. The van der Waals surface area contributed by atoms with Gasteiger partial charge in [0.15, 0.2) is 0 Å². The van der Waals surface area contributed by atoms with E-state index in [0.29, 0.717) is 5.56 Å². The Bertz CT molecular complexity index is 675. The zero-order valence-electron chi connectivity index (χ0n) is 11.8. The molecule has 5 heteroatoms. The van der Waals surface area contributed by atoms with Crippen molar-refractivity contribution >= 4 is 29.2 Å². The molecule has 0 atom stereocenters. The molecule has 2 N–H and O–H groups in total. The highest BCUT2D eigenvalue weighted by Crippen LogP contribution is 2.13. The lowest BCUT2D eigenvalue weighted by molar-refractivity contribution is -0.117. The summed E-state index contributed by atoms with van der Waals surface area (Å²) in [6.45, 7) is 1.91. The Kier molecular flexibility index (Phi) is 4.90. The van der Waals surface area contributed by atoms with Crippen molar-refractivity contribution in [3.63, 3.8) is 0 Å². The van der Waals surface area contributed by atoms with Crippen LogP contribution in [0.25, 0.3) is 6.08 Å². The van der Waals surface area contributed by atoms with Gasteiger partial charge in [-0.1, -0.05) is 23.8 Å². The Balaban J connectivity index is 2.23. The van der Waals surface area contributed by atoms with Gasteiger partial charge in [0, 0.05) is 17.5 Å². The number of benzene rings is 1. The summed E-state index contributed by atoms with van der Waals surface area (Å²) in [5.41, 5.74) is 1.74. The summed E-state index contributed by atoms with van der Waals surface area (Å²) in [6, 6.07) is 11.0. The second-order valence-corrected chi connectivity index (χ2v) is 5.46. The first-order valence-electron chi connectivity index (χ1n) is 6.45. The van der Waals surface area contributed by atoms with Crippen molar-refractivity contribution in [2.24, 2.45) is 0 Å². The predicted molar refractivity (Wildman–Crippen MR) is 85.0 cm³/mol. The highest BCUT2D eigenvalue weighted by molar-refractivity contribution is 7.10. The van der Waals surface area contributed by atoms with E-state index in [2.05, 4.69) is 10.6 Å². The third-order valence-corrected chi connectivity index (χ3v) is 3.65. The molecule has 4 nitrogen and oxygen atoms in total. The summed E-state index contributed by atoms with van der Waals surface area (Å²) in [7, 11) is 1.53. The third kappa shape index (κ3) is 4.03. The second-order valence-electron chi connectivity index (χ2n) is 4.48. The number of thiophene rings is 1. The van der Waals surface area contributed by atoms with E-state index >= 15 is 0 Å². The monoisotopic (exact) mass is 300 g/mol. The van der Waals surface area contributed by atoms with Crippen LogP contribution in [-0.4, -0.2) is 18.9 Å². The van der Waals surface area contributed by atoms with Crippen molar-refractivity contribution < 1.29 is 9.59 Å². The number of carbonyl (C=O) groups is 2. The molecule has 1 aromatic carbocycles. The van der Waals surface area contributed by atoms with Crippen LogP contribution in [-0.2, 0) is 4.79 Å². The molecule has 0 radical (unpaired) electrons. The van der Waals surface area contributed by atoms with Crippen LogP contribution in [0.5, 0.6) is 0 Å². The molecular weight excluding hydrogens is 284 g/mol. The SMILES string of the molecule is CNC(=O)/C(=C/c1cccs1)NC(=O)c1cccc(C)c1. The molecule has 0 bridgehead atoms. The molecule has 2 amide bonds. The van der Waals surface area contributed by atoms with Gasteiger partial charge < -0.3 is 10.6 Å². The molecule has 0 saturated carbocycles. The van der Waals surface area contributed by atoms with Gasteiger partial charge in [0.1, 0.15) is 5.70 Å². The fourth-order valence-electron chi connectivity index (χ4n) is 1.79. The average Bonchev–Trinajstić information content (AvgIpc) is 2.98. The molecule has 0 aliphatic rings. The van der Waals surface area contributed by atoms with Crippen molar-refractivity contribution in [3.8, 4) is 0 Å². The lowest BCUT2D eigenvalue weighted by atomic mass is 10.1. The van der Waals surface area contributed by atoms with Gasteiger partial charge in [0.25, 0.3) is 11.8 Å². The predicted octanol–water partition coefficient (Wildman–Crippen LogP) is 2.57. The number of aryl methyl sites for hydroxylation is 1. The van der Waals surface area contributed by atoms with E-state index in [0.717, 1.165) is 10.4 Å². The topological polar surface area (TPSA) is 58.2 Å². The Morgan fingerprint density at radius 1 is 1.19 bits per heavy atom. The van der Waals surface area contributed by atoms with Crippen molar-refractivity contribution in [3.05, 3.63) is 63.5 Å². The van der Waals surface area contributed by atoms with Crippen LogP contribution in [0.2, 0.25) is 0 Å². The maximum atomic E-state index is 12.2. The maximum absolute atomic E-state index is 12.2. The Morgan fingerprint density at radius 2 is 2.00 bits per heavy atom. The summed E-state index contributed by atoms with van der Waals surface area (Å²) in [6.07, 6.45) is 1.66. The summed E-state index contributed by atoms with van der Waals surface area (Å²) in [4.78, 5) is 25.0. The van der Waals surface area contributed by atoms with Gasteiger partial charge in [0.2, 0.25) is 0 Å². The fourth-order valence-corrected chi connectivity index (χ4v) is 2.45. The minimum absolute atomic E-state index is 0.228. The summed E-state index contributed by atoms with van der Waals surface area (Å²) in [5, 5.41) is 7.11. The molecule has 1 aromatic heterocycles. The van der Waals surface area contributed by atoms with Gasteiger partial charge in [-0.25, -0.2) is 0 Å². The van der Waals surface area contributed by atoms with Gasteiger partial charge in [-0.15, -0.1) is 11.3 Å². The minimum atomic E-state index is -0.329. The standard InChI is InChI=1S/C16H16N2O2S/c1-11-5-3-6-12(9-11)15(19)18-14(16(20)17-2)10-13-7-4-8-21-13/h3-10H,1-2H3,(H,17,20)(H,18,19)/b14-10-. The van der Waals surface area contributed by atoms with E-state index in [1.54, 1.807) is 18.2 Å². The number of rotatable bonds is 4. The second kappa shape index (κ2) is 6.85. The largest absolute Gasteiger partial charge is 0.354 e. The molecule has 21 heavy (non-hydrogen) atoms. The highest BCUT2D eigenvalue weighted by atomic mass is 32.1. The Labute approximate surface area is 127 Å². The molecular formula is C16H16N2O2S. The first kappa shape index (κ1) is 15.0. The lowest BCUT2D eigenvalue weighted by Gasteiger charge is -2.09. The lowest BCUT2D eigenvalue weighted by Crippen LogP contribution is -2.33. The molecule has 2 rings (SSSR count). The average molecular weight is 300 g/mol. The summed E-state index contributed by atoms with van der Waals surface area (Å²) < 4.78 is 0. The first-order valence-corrected chi connectivity index (χ1v) is 7.33. The van der Waals surface area contributed by atoms with Crippen molar-refractivity contribution in [1.82, 2.24) is 10.6 Å². The van der Waals surface area contributed by atoms with Crippen LogP contribution < -0.4 is 10.6 Å². The first-order chi connectivity index (χ1) is 10.1. The van der Waals surface area contributed by atoms with Crippen LogP contribution in [0.3, 0.4) is 0 Å². The van der Waals surface area contributed by atoms with Crippen LogP contribution in [0.15, 0.2) is 47.5 Å². The quantitative estimate of drug-likeness (QED) is 0.853. The zero-order valence-corrected chi connectivity index (χ0v) is 12.7. The van der Waals surface area contributed by atoms with Gasteiger partial charge in [0.05, 0.1) is 0 Å². The van der Waals surface area contributed by atoms with E-state index in [4.69, 9.17) is 0 Å². The van der Waals surface area contributed by atoms with E-state index in [1.165, 1.54) is 18.4 Å². The molecule has 2 aromatic rings. The van der Waals surface area contributed by atoms with Gasteiger partial charge in [-0.2, -0.15) is 0 Å². The van der Waals surface area contributed by atoms with Crippen LogP contribution >= 0.6 is 11.3 Å². The summed E-state index contributed by atoms with van der Waals surface area (Å²) >= 11 is 1.50. The molecule has 108 valence electrons.